The monoisotopic (exact) mass is 443 g/mol. The summed E-state index contributed by atoms with van der Waals surface area (Å²) < 4.78 is 5.69. The minimum absolute atomic E-state index is 0.0996. The van der Waals surface area contributed by atoms with Crippen molar-refractivity contribution in [3.05, 3.63) is 101 Å². The molecular formula is C30H37NO2. The van der Waals surface area contributed by atoms with Crippen molar-refractivity contribution in [3.8, 4) is 5.75 Å². The number of ether oxygens (including phenoxy) is 1. The van der Waals surface area contributed by atoms with E-state index in [1.807, 2.05) is 37.3 Å². The van der Waals surface area contributed by atoms with Crippen molar-refractivity contribution in [2.45, 2.75) is 51.0 Å². The molecular weight excluding hydrogens is 406 g/mol. The summed E-state index contributed by atoms with van der Waals surface area (Å²) in [6, 6.07) is 26.9. The molecule has 0 aliphatic carbocycles. The van der Waals surface area contributed by atoms with Crippen molar-refractivity contribution in [2.24, 2.45) is 0 Å². The van der Waals surface area contributed by atoms with Gasteiger partial charge in [-0.1, -0.05) is 85.1 Å². The Labute approximate surface area is 199 Å². The summed E-state index contributed by atoms with van der Waals surface area (Å²) in [5.74, 6) is 0.730. The molecule has 3 aromatic rings. The van der Waals surface area contributed by atoms with Gasteiger partial charge in [0.05, 0.1) is 6.61 Å². The lowest BCUT2D eigenvalue weighted by Crippen LogP contribution is -2.42. The highest BCUT2D eigenvalue weighted by Gasteiger charge is 2.42. The van der Waals surface area contributed by atoms with E-state index in [-0.39, 0.29) is 5.92 Å². The molecule has 1 heterocycles. The van der Waals surface area contributed by atoms with Gasteiger partial charge >= 0.3 is 0 Å². The Morgan fingerprint density at radius 3 is 1.97 bits per heavy atom. The van der Waals surface area contributed by atoms with E-state index < -0.39 is 5.60 Å². The van der Waals surface area contributed by atoms with E-state index in [0.717, 1.165) is 36.5 Å². The zero-order valence-electron chi connectivity index (χ0n) is 20.0. The fourth-order valence-electron chi connectivity index (χ4n) is 5.09. The van der Waals surface area contributed by atoms with Gasteiger partial charge in [0.15, 0.2) is 0 Å². The van der Waals surface area contributed by atoms with Crippen LogP contribution in [0.4, 0.5) is 0 Å². The highest BCUT2D eigenvalue weighted by atomic mass is 16.5. The molecule has 3 nitrogen and oxygen atoms in total. The van der Waals surface area contributed by atoms with E-state index in [4.69, 9.17) is 4.74 Å². The molecule has 0 unspecified atom stereocenters. The number of aryl methyl sites for hydroxylation is 1. The van der Waals surface area contributed by atoms with Crippen LogP contribution in [0.1, 0.15) is 60.8 Å². The van der Waals surface area contributed by atoms with Crippen molar-refractivity contribution in [2.75, 3.05) is 26.2 Å². The lowest BCUT2D eigenvalue weighted by Gasteiger charge is -2.40. The largest absolute Gasteiger partial charge is 0.494 e. The molecule has 0 spiro atoms. The second-order valence-corrected chi connectivity index (χ2v) is 9.27. The van der Waals surface area contributed by atoms with Gasteiger partial charge in [0, 0.05) is 12.5 Å². The second-order valence-electron chi connectivity index (χ2n) is 9.27. The predicted molar refractivity (Wildman–Crippen MR) is 136 cm³/mol. The minimum atomic E-state index is -1.16. The summed E-state index contributed by atoms with van der Waals surface area (Å²) in [5, 5.41) is 12.7. The van der Waals surface area contributed by atoms with Crippen molar-refractivity contribution < 1.29 is 9.84 Å². The lowest BCUT2D eigenvalue weighted by atomic mass is 9.72. The van der Waals surface area contributed by atoms with Crippen molar-refractivity contribution in [1.29, 1.82) is 0 Å². The Hall–Kier alpha value is -2.62. The first-order chi connectivity index (χ1) is 16.1. The van der Waals surface area contributed by atoms with Gasteiger partial charge in [-0.2, -0.15) is 0 Å². The van der Waals surface area contributed by atoms with Crippen LogP contribution in [0.3, 0.4) is 0 Å². The average Bonchev–Trinajstić information content (AvgIpc) is 3.12. The van der Waals surface area contributed by atoms with Crippen molar-refractivity contribution >= 4 is 0 Å². The topological polar surface area (TPSA) is 32.7 Å². The van der Waals surface area contributed by atoms with E-state index in [9.17, 15) is 5.11 Å². The molecule has 0 aromatic heterocycles. The quantitative estimate of drug-likeness (QED) is 0.444. The smallest absolute Gasteiger partial charge is 0.123 e. The van der Waals surface area contributed by atoms with Gasteiger partial charge in [-0.15, -0.1) is 0 Å². The predicted octanol–water partition coefficient (Wildman–Crippen LogP) is 6.29. The molecule has 1 N–H and O–H groups in total. The number of rotatable bonds is 8. The van der Waals surface area contributed by atoms with Gasteiger partial charge < -0.3 is 14.7 Å². The molecule has 1 fully saturated rings. The molecule has 1 aliphatic rings. The SMILES string of the molecule is CCOc1ccc([C@@](O)(c2ccc(C)cc2)[C@H](CN2CCCCCC2)c2ccccc2)cc1. The first-order valence-corrected chi connectivity index (χ1v) is 12.4. The standard InChI is InChI=1S/C30H37NO2/c1-3-33-28-19-17-27(18-20-28)30(32,26-15-13-24(2)14-16-26)29(25-11-7-6-8-12-25)23-31-21-9-4-5-10-22-31/h6-8,11-20,29,32H,3-5,9-10,21-23H2,1-2H3/t29-,30+/m1/s1. The van der Waals surface area contributed by atoms with Crippen LogP contribution >= 0.6 is 0 Å². The molecule has 2 atom stereocenters. The maximum atomic E-state index is 12.7. The van der Waals surface area contributed by atoms with Crippen LogP contribution in [0.15, 0.2) is 78.9 Å². The van der Waals surface area contributed by atoms with Gasteiger partial charge in [-0.05, 0) is 68.6 Å². The normalized spacial score (nSPS) is 17.7. The van der Waals surface area contributed by atoms with E-state index in [1.165, 1.54) is 36.8 Å². The Balaban J connectivity index is 1.82. The molecule has 4 rings (SSSR count). The van der Waals surface area contributed by atoms with Gasteiger partial charge in [0.2, 0.25) is 0 Å². The molecule has 1 saturated heterocycles. The van der Waals surface area contributed by atoms with E-state index in [2.05, 4.69) is 60.4 Å². The molecule has 0 radical (unpaired) electrons. The summed E-state index contributed by atoms with van der Waals surface area (Å²) in [7, 11) is 0. The molecule has 1 aliphatic heterocycles. The second kappa shape index (κ2) is 11.0. The van der Waals surface area contributed by atoms with Crippen LogP contribution in [0.25, 0.3) is 0 Å². The Kier molecular flexibility index (Phi) is 7.85. The van der Waals surface area contributed by atoms with E-state index in [0.29, 0.717) is 6.61 Å². The minimum Gasteiger partial charge on any atom is -0.494 e. The Morgan fingerprint density at radius 2 is 1.39 bits per heavy atom. The zero-order valence-corrected chi connectivity index (χ0v) is 20.0. The lowest BCUT2D eigenvalue weighted by molar-refractivity contribution is 0.0340. The average molecular weight is 444 g/mol. The van der Waals surface area contributed by atoms with Crippen LogP contribution < -0.4 is 4.74 Å². The van der Waals surface area contributed by atoms with Crippen LogP contribution in [0.5, 0.6) is 5.75 Å². The Bertz CT molecular complexity index is 976. The molecule has 33 heavy (non-hydrogen) atoms. The third-order valence-electron chi connectivity index (χ3n) is 6.94. The van der Waals surface area contributed by atoms with Crippen LogP contribution in [-0.4, -0.2) is 36.2 Å². The van der Waals surface area contributed by atoms with Gasteiger partial charge in [-0.3, -0.25) is 0 Å². The fraction of sp³-hybridized carbons (Fsp3) is 0.400. The van der Waals surface area contributed by atoms with E-state index >= 15 is 0 Å². The molecule has 0 bridgehead atoms. The highest BCUT2D eigenvalue weighted by Crippen LogP contribution is 2.44. The number of benzene rings is 3. The molecule has 174 valence electrons. The van der Waals surface area contributed by atoms with Crippen molar-refractivity contribution in [1.82, 2.24) is 4.90 Å². The maximum Gasteiger partial charge on any atom is 0.123 e. The molecule has 3 aromatic carbocycles. The number of likely N-dealkylation sites (tertiary alicyclic amines) is 1. The molecule has 0 saturated carbocycles. The maximum absolute atomic E-state index is 12.7. The Morgan fingerprint density at radius 1 is 0.818 bits per heavy atom. The number of hydrogen-bond donors (Lipinski definition) is 1. The number of hydrogen-bond acceptors (Lipinski definition) is 3. The summed E-state index contributed by atoms with van der Waals surface area (Å²) in [6.07, 6.45) is 5.06. The summed E-state index contributed by atoms with van der Waals surface area (Å²) in [4.78, 5) is 2.55. The first kappa shape index (κ1) is 23.5. The van der Waals surface area contributed by atoms with Crippen molar-refractivity contribution in [3.63, 3.8) is 0 Å². The highest BCUT2D eigenvalue weighted by molar-refractivity contribution is 5.44. The summed E-state index contributed by atoms with van der Waals surface area (Å²) in [5.41, 5.74) is 3.03. The van der Waals surface area contributed by atoms with Gasteiger partial charge in [-0.25, -0.2) is 0 Å². The molecule has 0 amide bonds. The van der Waals surface area contributed by atoms with Crippen LogP contribution in [0, 0.1) is 6.92 Å². The number of nitrogens with zero attached hydrogens (tertiary/aromatic N) is 1. The van der Waals surface area contributed by atoms with Gasteiger partial charge in [0.1, 0.15) is 11.4 Å². The number of aliphatic hydroxyl groups is 1. The van der Waals surface area contributed by atoms with Crippen LogP contribution in [0.2, 0.25) is 0 Å². The third-order valence-corrected chi connectivity index (χ3v) is 6.94. The summed E-state index contributed by atoms with van der Waals surface area (Å²) in [6.45, 7) is 7.72. The zero-order chi connectivity index (χ0) is 23.1. The van der Waals surface area contributed by atoms with Gasteiger partial charge in [0.25, 0.3) is 0 Å². The molecule has 3 heteroatoms. The third kappa shape index (κ3) is 5.48. The van der Waals surface area contributed by atoms with E-state index in [1.54, 1.807) is 0 Å². The fourth-order valence-corrected chi connectivity index (χ4v) is 5.09. The first-order valence-electron chi connectivity index (χ1n) is 12.4. The summed E-state index contributed by atoms with van der Waals surface area (Å²) >= 11 is 0. The van der Waals surface area contributed by atoms with Crippen LogP contribution in [-0.2, 0) is 5.60 Å².